The molecule has 1 aromatic heterocycles. The van der Waals surface area contributed by atoms with E-state index in [0.717, 1.165) is 12.1 Å². The molecule has 7 heteroatoms. The van der Waals surface area contributed by atoms with Gasteiger partial charge in [0.1, 0.15) is 29.3 Å². The summed E-state index contributed by atoms with van der Waals surface area (Å²) in [6.07, 6.45) is 1.48. The van der Waals surface area contributed by atoms with Crippen LogP contribution in [-0.2, 0) is 6.16 Å². The average molecular weight is 482 g/mol. The van der Waals surface area contributed by atoms with Crippen LogP contribution in [0.1, 0.15) is 33.0 Å². The van der Waals surface area contributed by atoms with E-state index >= 15 is 0 Å². The molecule has 0 bridgehead atoms. The molecule has 0 fully saturated rings. The van der Waals surface area contributed by atoms with Crippen LogP contribution in [0.5, 0.6) is 0 Å². The van der Waals surface area contributed by atoms with Crippen molar-refractivity contribution in [1.82, 2.24) is 15.0 Å². The van der Waals surface area contributed by atoms with Crippen molar-refractivity contribution in [2.45, 2.75) is 38.9 Å². The van der Waals surface area contributed by atoms with Crippen LogP contribution < -0.4 is 26.7 Å². The number of hydrogen-bond acceptors (Lipinski definition) is 6. The van der Waals surface area contributed by atoms with Gasteiger partial charge in [-0.15, -0.1) is 0 Å². The molecule has 2 heterocycles. The van der Waals surface area contributed by atoms with Gasteiger partial charge in [-0.3, -0.25) is 0 Å². The quantitative estimate of drug-likeness (QED) is 0.415. The number of aromatic nitrogens is 3. The summed E-state index contributed by atoms with van der Waals surface area (Å²) in [5.41, 5.74) is 7.09. The number of nitrogens with two attached hydrogens (primary N) is 1. The fraction of sp³-hybridized carbons (Fsp3) is 0.214. The molecule has 0 amide bonds. The fourth-order valence-electron chi connectivity index (χ4n) is 4.93. The van der Waals surface area contributed by atoms with Crippen LogP contribution in [0.15, 0.2) is 96.1 Å². The Balaban J connectivity index is 1.71. The lowest BCUT2D eigenvalue weighted by Crippen LogP contribution is -2.38. The van der Waals surface area contributed by atoms with E-state index in [4.69, 9.17) is 15.8 Å². The monoisotopic (exact) mass is 481 g/mol. The number of rotatable bonds is 6. The minimum Gasteiger partial charge on any atom is -0.368 e. The van der Waals surface area contributed by atoms with E-state index in [2.05, 4.69) is 115 Å². The first-order chi connectivity index (χ1) is 16.9. The van der Waals surface area contributed by atoms with Crippen molar-refractivity contribution in [2.24, 2.45) is 5.10 Å². The maximum Gasteiger partial charge on any atom is 0.251 e. The summed E-state index contributed by atoms with van der Waals surface area (Å²) >= 11 is 0. The minimum absolute atomic E-state index is 0.216. The number of anilines is 2. The third-order valence-electron chi connectivity index (χ3n) is 6.38. The van der Waals surface area contributed by atoms with E-state index in [9.17, 15) is 0 Å². The average Bonchev–Trinajstić information content (AvgIpc) is 3.15. The summed E-state index contributed by atoms with van der Waals surface area (Å²) in [6.45, 7) is 6.31. The highest BCUT2D eigenvalue weighted by molar-refractivity contribution is 7.95. The van der Waals surface area contributed by atoms with Gasteiger partial charge in [-0.05, 0) is 57.2 Å². The lowest BCUT2D eigenvalue weighted by Gasteiger charge is -2.29. The molecule has 0 saturated heterocycles. The lowest BCUT2D eigenvalue weighted by molar-refractivity contribution is 0.505. The van der Waals surface area contributed by atoms with Gasteiger partial charge < -0.3 is 5.73 Å². The van der Waals surface area contributed by atoms with Crippen LogP contribution >= 0.6 is 7.26 Å². The summed E-state index contributed by atoms with van der Waals surface area (Å²) in [5, 5.41) is 10.4. The Morgan fingerprint density at radius 3 is 1.69 bits per heavy atom. The van der Waals surface area contributed by atoms with Gasteiger partial charge in [0.2, 0.25) is 5.95 Å². The Labute approximate surface area is 207 Å². The van der Waals surface area contributed by atoms with Crippen molar-refractivity contribution in [3.63, 3.8) is 0 Å². The highest BCUT2D eigenvalue weighted by Gasteiger charge is 2.47. The fourth-order valence-corrected chi connectivity index (χ4v) is 8.98. The molecule has 3 aromatic carbocycles. The zero-order valence-electron chi connectivity index (χ0n) is 20.3. The molecule has 0 atom stereocenters. The van der Waals surface area contributed by atoms with Gasteiger partial charge in [0.05, 0.1) is 5.54 Å². The number of benzene rings is 3. The first kappa shape index (κ1) is 23.1. The standard InChI is InChI=1S/C28H30N6P/c1-21-19-28(2,3)34(33-21)27-31-25(30-26(29)32-27)20-35(22-13-7-4-8-14-22,23-15-9-5-10-16-23)24-17-11-6-12-18-24/h4-18H,19-20H2,1-3H3,(H2,29,30,31,32)/q+1. The number of nitrogens with zero attached hydrogens (tertiary/aromatic N) is 5. The molecule has 6 nitrogen and oxygen atoms in total. The third-order valence-corrected chi connectivity index (χ3v) is 10.7. The predicted octanol–water partition coefficient (Wildman–Crippen LogP) is 4.31. The van der Waals surface area contributed by atoms with Crippen LogP contribution in [0.2, 0.25) is 0 Å². The predicted molar refractivity (Wildman–Crippen MR) is 147 cm³/mol. The van der Waals surface area contributed by atoms with Gasteiger partial charge in [0, 0.05) is 12.1 Å². The second-order valence-corrected chi connectivity index (χ2v) is 13.0. The molecule has 35 heavy (non-hydrogen) atoms. The Morgan fingerprint density at radius 2 is 1.26 bits per heavy atom. The summed E-state index contributed by atoms with van der Waals surface area (Å²) < 4.78 is 0. The van der Waals surface area contributed by atoms with Crippen LogP contribution in [0.25, 0.3) is 0 Å². The van der Waals surface area contributed by atoms with E-state index in [0.29, 0.717) is 17.9 Å². The number of nitrogen functional groups attached to an aromatic ring is 1. The Kier molecular flexibility index (Phi) is 6.08. The molecular weight excluding hydrogens is 451 g/mol. The first-order valence-electron chi connectivity index (χ1n) is 11.8. The highest BCUT2D eigenvalue weighted by Crippen LogP contribution is 2.57. The van der Waals surface area contributed by atoms with Crippen LogP contribution in [0.4, 0.5) is 11.9 Å². The second kappa shape index (κ2) is 9.20. The third kappa shape index (κ3) is 4.42. The van der Waals surface area contributed by atoms with Crippen molar-refractivity contribution in [2.75, 3.05) is 10.7 Å². The van der Waals surface area contributed by atoms with Crippen molar-refractivity contribution < 1.29 is 0 Å². The zero-order chi connectivity index (χ0) is 24.5. The van der Waals surface area contributed by atoms with Gasteiger partial charge >= 0.3 is 0 Å². The lowest BCUT2D eigenvalue weighted by atomic mass is 9.99. The second-order valence-electron chi connectivity index (χ2n) is 9.52. The van der Waals surface area contributed by atoms with Gasteiger partial charge in [-0.2, -0.15) is 20.1 Å². The molecule has 0 radical (unpaired) electrons. The van der Waals surface area contributed by atoms with Crippen LogP contribution in [0, 0.1) is 0 Å². The first-order valence-corrected chi connectivity index (χ1v) is 13.8. The van der Waals surface area contributed by atoms with Gasteiger partial charge in [-0.25, -0.2) is 5.01 Å². The number of hydrazone groups is 1. The highest BCUT2D eigenvalue weighted by atomic mass is 31.2. The normalized spacial score (nSPS) is 15.2. The zero-order valence-corrected chi connectivity index (χ0v) is 21.2. The largest absolute Gasteiger partial charge is 0.368 e. The number of hydrogen-bond donors (Lipinski definition) is 1. The Bertz CT molecular complexity index is 1240. The van der Waals surface area contributed by atoms with Crippen molar-refractivity contribution in [3.05, 3.63) is 96.8 Å². The van der Waals surface area contributed by atoms with E-state index < -0.39 is 7.26 Å². The van der Waals surface area contributed by atoms with Crippen molar-refractivity contribution in [1.29, 1.82) is 0 Å². The molecule has 4 aromatic rings. The van der Waals surface area contributed by atoms with Crippen molar-refractivity contribution >= 4 is 40.8 Å². The van der Waals surface area contributed by atoms with E-state index in [1.54, 1.807) is 0 Å². The Hall–Kier alpha value is -3.63. The molecule has 0 spiro atoms. The van der Waals surface area contributed by atoms with Crippen molar-refractivity contribution in [3.8, 4) is 0 Å². The molecule has 176 valence electrons. The smallest absolute Gasteiger partial charge is 0.251 e. The summed E-state index contributed by atoms with van der Waals surface area (Å²) in [7, 11) is -2.15. The maximum atomic E-state index is 6.26. The Morgan fingerprint density at radius 1 is 0.771 bits per heavy atom. The summed E-state index contributed by atoms with van der Waals surface area (Å²) in [5.74, 6) is 1.39. The molecule has 0 unspecified atom stereocenters. The van der Waals surface area contributed by atoms with Crippen LogP contribution in [0.3, 0.4) is 0 Å². The van der Waals surface area contributed by atoms with Gasteiger partial charge in [0.15, 0.2) is 5.82 Å². The molecule has 1 aliphatic rings. The molecule has 1 aliphatic heterocycles. The molecule has 5 rings (SSSR count). The topological polar surface area (TPSA) is 80.3 Å². The molecule has 2 N–H and O–H groups in total. The summed E-state index contributed by atoms with van der Waals surface area (Å²) in [6, 6.07) is 32.1. The van der Waals surface area contributed by atoms with E-state index in [1.165, 1.54) is 15.9 Å². The summed E-state index contributed by atoms with van der Waals surface area (Å²) in [4.78, 5) is 14.1. The van der Waals surface area contributed by atoms with E-state index in [-0.39, 0.29) is 11.5 Å². The minimum atomic E-state index is -2.15. The molecule has 0 saturated carbocycles. The SMILES string of the molecule is CC1=NN(c2nc(N)nc(C[P+](c3ccccc3)(c3ccccc3)c3ccccc3)n2)C(C)(C)C1. The maximum absolute atomic E-state index is 6.26. The van der Waals surface area contributed by atoms with Gasteiger partial charge in [0.25, 0.3) is 5.95 Å². The van der Waals surface area contributed by atoms with E-state index in [1.807, 2.05) is 11.9 Å². The van der Waals surface area contributed by atoms with Gasteiger partial charge in [-0.1, -0.05) is 54.6 Å². The van der Waals surface area contributed by atoms with Crippen LogP contribution in [-0.4, -0.2) is 26.2 Å². The molecule has 0 aliphatic carbocycles. The molecular formula is C28H30N6P+.